The molecule has 23 heavy (non-hydrogen) atoms. The van der Waals surface area contributed by atoms with Crippen LogP contribution in [-0.2, 0) is 4.79 Å². The minimum absolute atomic E-state index is 0.0845. The average Bonchev–Trinajstić information content (AvgIpc) is 2.85. The molecule has 4 aliphatic rings. The molecule has 4 fully saturated rings. The van der Waals surface area contributed by atoms with Gasteiger partial charge in [0, 0.05) is 7.29 Å². The Morgan fingerprint density at radius 2 is 1.70 bits per heavy atom. The van der Waals surface area contributed by atoms with Gasteiger partial charge in [-0.3, -0.25) is 4.79 Å². The van der Waals surface area contributed by atoms with E-state index >= 15 is 0 Å². The van der Waals surface area contributed by atoms with Crippen molar-refractivity contribution in [2.75, 3.05) is 0 Å². The molecule has 4 aliphatic carbocycles. The predicted octanol–water partition coefficient (Wildman–Crippen LogP) is 4.60. The Labute approximate surface area is 144 Å². The molecule has 0 radical (unpaired) electrons. The lowest BCUT2D eigenvalue weighted by molar-refractivity contribution is -0.138. The lowest BCUT2D eigenvalue weighted by atomic mass is 9.44. The van der Waals surface area contributed by atoms with Gasteiger partial charge in [0.15, 0.2) is 0 Å². The molecule has 0 bridgehead atoms. The van der Waals surface area contributed by atoms with E-state index in [2.05, 4.69) is 13.8 Å². The van der Waals surface area contributed by atoms with Crippen molar-refractivity contribution in [2.24, 2.45) is 40.4 Å². The molecule has 1 N–H and O–H groups in total. The van der Waals surface area contributed by atoms with Gasteiger partial charge in [-0.05, 0) is 99.2 Å². The lowest BCUT2D eigenvalue weighted by Gasteiger charge is -2.60. The van der Waals surface area contributed by atoms with Gasteiger partial charge in [-0.2, -0.15) is 0 Å². The molecule has 4 saturated carbocycles. The van der Waals surface area contributed by atoms with E-state index in [0.29, 0.717) is 36.4 Å². The van der Waals surface area contributed by atoms with Gasteiger partial charge in [-0.1, -0.05) is 13.8 Å². The molecule has 0 aliphatic heterocycles. The number of carbonyl (C=O) groups is 1. The Morgan fingerprint density at radius 3 is 2.43 bits per heavy atom. The zero-order valence-corrected chi connectivity index (χ0v) is 15.0. The summed E-state index contributed by atoms with van der Waals surface area (Å²) in [6.07, 6.45) is 6.51. The van der Waals surface area contributed by atoms with Crippen LogP contribution in [0.1, 0.15) is 81.3 Å². The molecular weight excluding hydrogens is 284 g/mol. The minimum atomic E-state index is -1.41. The number of ketones is 1. The van der Waals surface area contributed by atoms with Crippen LogP contribution in [0.3, 0.4) is 0 Å². The summed E-state index contributed by atoms with van der Waals surface area (Å²) in [6.45, 7) is 6.42. The third-order valence-corrected chi connectivity index (χ3v) is 8.68. The van der Waals surface area contributed by atoms with Gasteiger partial charge in [-0.15, -0.1) is 0 Å². The van der Waals surface area contributed by atoms with Gasteiger partial charge in [0.05, 0.1) is 7.45 Å². The Hall–Kier alpha value is -0.370. The molecule has 2 heteroatoms. The molecule has 0 heterocycles. The first-order valence-corrected chi connectivity index (χ1v) is 9.75. The third kappa shape index (κ3) is 2.19. The van der Waals surface area contributed by atoms with E-state index in [1.807, 2.05) is 0 Å². The van der Waals surface area contributed by atoms with Gasteiger partial charge < -0.3 is 5.11 Å². The van der Waals surface area contributed by atoms with E-state index < -0.39 is 12.0 Å². The largest absolute Gasteiger partial charge is 0.393 e. The summed E-state index contributed by atoms with van der Waals surface area (Å²) in [5.74, 6) is 1.73. The lowest BCUT2D eigenvalue weighted by Crippen LogP contribution is -2.54. The van der Waals surface area contributed by atoms with E-state index in [4.69, 9.17) is 2.74 Å². The second-order valence-corrected chi connectivity index (χ2v) is 9.46. The molecule has 0 aromatic heterocycles. The van der Waals surface area contributed by atoms with Crippen molar-refractivity contribution in [1.82, 2.24) is 0 Å². The molecule has 0 aromatic rings. The van der Waals surface area contributed by atoms with Crippen molar-refractivity contribution >= 4 is 5.78 Å². The maximum Gasteiger partial charge on any atom is 0.133 e. The summed E-state index contributed by atoms with van der Waals surface area (Å²) in [6, 6.07) is 0. The molecular formula is C21H34O2. The van der Waals surface area contributed by atoms with Crippen molar-refractivity contribution in [3.05, 3.63) is 0 Å². The Morgan fingerprint density at radius 1 is 1.00 bits per heavy atom. The van der Waals surface area contributed by atoms with Crippen molar-refractivity contribution in [3.63, 3.8) is 0 Å². The summed E-state index contributed by atoms with van der Waals surface area (Å²) in [4.78, 5) is 12.2. The zero-order chi connectivity index (χ0) is 18.3. The number of hydrogen-bond acceptors (Lipinski definition) is 2. The zero-order valence-electron chi connectivity index (χ0n) is 17.0. The number of carbonyl (C=O) groups excluding carboxylic acids is 1. The summed E-state index contributed by atoms with van der Waals surface area (Å²) in [7, 11) is 0. The van der Waals surface area contributed by atoms with Gasteiger partial charge in [-0.25, -0.2) is 0 Å². The molecule has 0 amide bonds. The second-order valence-electron chi connectivity index (χ2n) is 9.46. The van der Waals surface area contributed by atoms with Crippen LogP contribution in [0, 0.1) is 40.4 Å². The van der Waals surface area contributed by atoms with Crippen molar-refractivity contribution < 1.29 is 12.6 Å². The van der Waals surface area contributed by atoms with Crippen molar-refractivity contribution in [2.45, 2.75) is 84.6 Å². The normalized spacial score (nSPS) is 63.3. The molecule has 0 unspecified atom stereocenters. The predicted molar refractivity (Wildman–Crippen MR) is 91.9 cm³/mol. The van der Waals surface area contributed by atoms with Crippen LogP contribution in [0.4, 0.5) is 0 Å². The topological polar surface area (TPSA) is 37.3 Å². The average molecular weight is 321 g/mol. The van der Waals surface area contributed by atoms with Crippen LogP contribution in [0.2, 0.25) is 0 Å². The van der Waals surface area contributed by atoms with E-state index in [1.54, 1.807) is 6.92 Å². The highest BCUT2D eigenvalue weighted by Gasteiger charge is 2.60. The highest BCUT2D eigenvalue weighted by atomic mass is 16.3. The number of aliphatic hydroxyl groups is 1. The Kier molecular flexibility index (Phi) is 3.20. The number of rotatable bonds is 1. The summed E-state index contributed by atoms with van der Waals surface area (Å²) >= 11 is 0. The van der Waals surface area contributed by atoms with Crippen LogP contribution in [0.25, 0.3) is 0 Å². The number of fused-ring (bicyclic) bond motifs is 5. The van der Waals surface area contributed by atoms with Crippen molar-refractivity contribution in [3.8, 4) is 0 Å². The summed E-state index contributed by atoms with van der Waals surface area (Å²) < 4.78 is 17.3. The molecule has 0 saturated heterocycles. The van der Waals surface area contributed by atoms with Gasteiger partial charge in [0.2, 0.25) is 0 Å². The first-order chi connectivity index (χ1) is 11.5. The van der Waals surface area contributed by atoms with Crippen LogP contribution in [0.5, 0.6) is 0 Å². The Bertz CT molecular complexity index is 590. The number of Topliss-reactive ketones (excluding diaryl/α,β-unsaturated/α-hetero) is 1. The van der Waals surface area contributed by atoms with Crippen LogP contribution >= 0.6 is 0 Å². The van der Waals surface area contributed by atoms with E-state index in [0.717, 1.165) is 38.5 Å². The van der Waals surface area contributed by atoms with Crippen LogP contribution in [-0.4, -0.2) is 17.0 Å². The maximum absolute atomic E-state index is 12.2. The molecule has 4 rings (SSSR count). The van der Waals surface area contributed by atoms with Gasteiger partial charge in [0.1, 0.15) is 5.78 Å². The molecule has 2 nitrogen and oxygen atoms in total. The maximum atomic E-state index is 12.2. The quantitative estimate of drug-likeness (QED) is 0.767. The molecule has 0 spiro atoms. The summed E-state index contributed by atoms with van der Waals surface area (Å²) in [5.41, 5.74) is 0.0784. The minimum Gasteiger partial charge on any atom is -0.393 e. The number of hydrogen-bond donors (Lipinski definition) is 1. The van der Waals surface area contributed by atoms with Gasteiger partial charge >= 0.3 is 0 Å². The van der Waals surface area contributed by atoms with E-state index in [1.165, 1.54) is 6.42 Å². The van der Waals surface area contributed by atoms with E-state index in [-0.39, 0.29) is 16.7 Å². The second kappa shape index (κ2) is 5.31. The van der Waals surface area contributed by atoms with E-state index in [9.17, 15) is 9.90 Å². The fraction of sp³-hybridized carbons (Fsp3) is 0.952. The smallest absolute Gasteiger partial charge is 0.133 e. The monoisotopic (exact) mass is 320 g/mol. The Balaban J connectivity index is 1.65. The first-order valence-electron chi connectivity index (χ1n) is 10.8. The highest BCUT2D eigenvalue weighted by Crippen LogP contribution is 2.67. The van der Waals surface area contributed by atoms with Gasteiger partial charge in [0.25, 0.3) is 0 Å². The molecule has 0 aromatic carbocycles. The third-order valence-electron chi connectivity index (χ3n) is 8.68. The van der Waals surface area contributed by atoms with Crippen molar-refractivity contribution in [1.29, 1.82) is 0 Å². The first kappa shape index (κ1) is 13.9. The fourth-order valence-corrected chi connectivity index (χ4v) is 7.43. The molecule has 130 valence electrons. The highest BCUT2D eigenvalue weighted by molar-refractivity contribution is 5.79. The summed E-state index contributed by atoms with van der Waals surface area (Å²) in [5, 5.41) is 10.3. The van der Waals surface area contributed by atoms with Crippen LogP contribution in [0.15, 0.2) is 0 Å². The standard InChI is InChI=1S/C21H34O2/c1-13(22)17-6-7-18-16-5-4-14-12-15(23)8-10-20(14,2)19(16)9-11-21(17,18)3/h14-19,23H,4-12H2,1-3H3/t14-,15-,16+,17-,18+,19+,20+,21-/m1/s1/i14D,15D. The molecule has 8 atom stereocenters. The van der Waals surface area contributed by atoms with Crippen LogP contribution < -0.4 is 0 Å². The SMILES string of the molecule is [2H][C@@]1(O)CC[C@]2(C)[C@H]3CC[C@]4(C)[C@@H](C(C)=O)CC[C@H]4[C@@H]3CC[C@]2([2H])C1. The fourth-order valence-electron chi connectivity index (χ4n) is 7.43.